The summed E-state index contributed by atoms with van der Waals surface area (Å²) in [7, 11) is 0. The van der Waals surface area contributed by atoms with Crippen molar-refractivity contribution in [1.29, 1.82) is 0 Å². The number of benzene rings is 2. The summed E-state index contributed by atoms with van der Waals surface area (Å²) in [5.74, 6) is -0.493. The fourth-order valence-electron chi connectivity index (χ4n) is 2.03. The van der Waals surface area contributed by atoms with Crippen molar-refractivity contribution in [2.45, 2.75) is 19.5 Å². The van der Waals surface area contributed by atoms with E-state index in [1.165, 1.54) is 12.1 Å². The molecule has 0 spiro atoms. The predicted molar refractivity (Wildman–Crippen MR) is 79.8 cm³/mol. The van der Waals surface area contributed by atoms with Crippen LogP contribution in [0.5, 0.6) is 0 Å². The SMILES string of the molecule is C[C@H](NCc1cc(F)ccc1[N+](=O)[O-])c1cccc(Cl)c1. The molecule has 0 saturated heterocycles. The third-order valence-corrected chi connectivity index (χ3v) is 3.42. The molecule has 6 heteroatoms. The van der Waals surface area contributed by atoms with E-state index in [0.717, 1.165) is 11.6 Å². The molecule has 4 nitrogen and oxygen atoms in total. The number of rotatable bonds is 5. The summed E-state index contributed by atoms with van der Waals surface area (Å²) in [5, 5.41) is 14.7. The molecule has 0 aliphatic heterocycles. The maximum Gasteiger partial charge on any atom is 0.274 e. The van der Waals surface area contributed by atoms with Crippen molar-refractivity contribution >= 4 is 17.3 Å². The number of hydrogen-bond donors (Lipinski definition) is 1. The fraction of sp³-hybridized carbons (Fsp3) is 0.200. The topological polar surface area (TPSA) is 55.2 Å². The van der Waals surface area contributed by atoms with Crippen molar-refractivity contribution in [3.63, 3.8) is 0 Å². The molecule has 1 N–H and O–H groups in total. The van der Waals surface area contributed by atoms with Crippen LogP contribution in [-0.2, 0) is 6.54 Å². The van der Waals surface area contributed by atoms with Crippen LogP contribution in [-0.4, -0.2) is 4.92 Å². The molecule has 0 saturated carbocycles. The van der Waals surface area contributed by atoms with Gasteiger partial charge in [0.25, 0.3) is 5.69 Å². The highest BCUT2D eigenvalue weighted by atomic mass is 35.5. The van der Waals surface area contributed by atoms with Gasteiger partial charge in [0.2, 0.25) is 0 Å². The van der Waals surface area contributed by atoms with Gasteiger partial charge < -0.3 is 5.32 Å². The zero-order chi connectivity index (χ0) is 15.4. The van der Waals surface area contributed by atoms with E-state index in [1.54, 1.807) is 6.07 Å². The summed E-state index contributed by atoms with van der Waals surface area (Å²) in [5.41, 5.74) is 1.18. The normalized spacial score (nSPS) is 12.1. The molecular formula is C15H14ClFN2O2. The Morgan fingerprint density at radius 1 is 1.33 bits per heavy atom. The first-order valence-corrected chi connectivity index (χ1v) is 6.77. The van der Waals surface area contributed by atoms with Crippen LogP contribution in [0, 0.1) is 15.9 Å². The minimum atomic E-state index is -0.513. The van der Waals surface area contributed by atoms with Crippen molar-refractivity contribution in [2.75, 3.05) is 0 Å². The van der Waals surface area contributed by atoms with Crippen LogP contribution < -0.4 is 5.32 Å². The van der Waals surface area contributed by atoms with Crippen molar-refractivity contribution in [3.8, 4) is 0 Å². The van der Waals surface area contributed by atoms with Crippen molar-refractivity contribution in [3.05, 3.63) is 74.5 Å². The van der Waals surface area contributed by atoms with E-state index in [0.29, 0.717) is 10.6 Å². The highest BCUT2D eigenvalue weighted by Gasteiger charge is 2.15. The Morgan fingerprint density at radius 3 is 2.76 bits per heavy atom. The lowest BCUT2D eigenvalue weighted by Gasteiger charge is -2.14. The lowest BCUT2D eigenvalue weighted by atomic mass is 10.1. The maximum absolute atomic E-state index is 13.2. The van der Waals surface area contributed by atoms with Crippen molar-refractivity contribution in [2.24, 2.45) is 0 Å². The lowest BCUT2D eigenvalue weighted by molar-refractivity contribution is -0.385. The van der Waals surface area contributed by atoms with Crippen LogP contribution in [0.15, 0.2) is 42.5 Å². The van der Waals surface area contributed by atoms with Crippen LogP contribution in [0.4, 0.5) is 10.1 Å². The van der Waals surface area contributed by atoms with Crippen LogP contribution >= 0.6 is 11.6 Å². The summed E-state index contributed by atoms with van der Waals surface area (Å²) < 4.78 is 13.2. The lowest BCUT2D eigenvalue weighted by Crippen LogP contribution is -2.18. The summed E-state index contributed by atoms with van der Waals surface area (Å²) in [6, 6.07) is 10.7. The first-order valence-electron chi connectivity index (χ1n) is 6.39. The molecule has 2 rings (SSSR count). The van der Waals surface area contributed by atoms with Gasteiger partial charge in [0.05, 0.1) is 4.92 Å². The molecular weight excluding hydrogens is 295 g/mol. The van der Waals surface area contributed by atoms with Gasteiger partial charge in [-0.05, 0) is 36.8 Å². The average Bonchev–Trinajstić information content (AvgIpc) is 2.44. The van der Waals surface area contributed by atoms with E-state index < -0.39 is 10.7 Å². The summed E-state index contributed by atoms with van der Waals surface area (Å²) in [6.45, 7) is 2.11. The molecule has 0 radical (unpaired) electrons. The molecule has 21 heavy (non-hydrogen) atoms. The molecule has 0 amide bonds. The molecule has 0 aliphatic carbocycles. The fourth-order valence-corrected chi connectivity index (χ4v) is 2.23. The average molecular weight is 309 g/mol. The Labute approximate surface area is 126 Å². The predicted octanol–water partition coefficient (Wildman–Crippen LogP) is 4.24. The molecule has 2 aromatic rings. The third-order valence-electron chi connectivity index (χ3n) is 3.19. The zero-order valence-corrected chi connectivity index (χ0v) is 12.1. The van der Waals surface area contributed by atoms with Gasteiger partial charge in [0.1, 0.15) is 5.82 Å². The standard InChI is InChI=1S/C15H14ClFN2O2/c1-10(11-3-2-4-13(16)7-11)18-9-12-8-14(17)5-6-15(12)19(20)21/h2-8,10,18H,9H2,1H3/t10-/m0/s1. The summed E-state index contributed by atoms with van der Waals surface area (Å²) in [4.78, 5) is 10.4. The number of halogens is 2. The Kier molecular flexibility index (Phi) is 4.88. The first kappa shape index (κ1) is 15.4. The highest BCUT2D eigenvalue weighted by Crippen LogP contribution is 2.22. The minimum Gasteiger partial charge on any atom is -0.306 e. The van der Waals surface area contributed by atoms with E-state index in [-0.39, 0.29) is 18.3 Å². The quantitative estimate of drug-likeness (QED) is 0.664. The van der Waals surface area contributed by atoms with E-state index in [4.69, 9.17) is 11.6 Å². The molecule has 0 aliphatic rings. The second-order valence-corrected chi connectivity index (χ2v) is 5.12. The molecule has 0 aromatic heterocycles. The summed E-state index contributed by atoms with van der Waals surface area (Å²) in [6.07, 6.45) is 0. The maximum atomic E-state index is 13.2. The monoisotopic (exact) mass is 308 g/mol. The number of nitrogens with one attached hydrogen (secondary N) is 1. The third kappa shape index (κ3) is 4.00. The number of nitro benzene ring substituents is 1. The first-order chi connectivity index (χ1) is 9.97. The second-order valence-electron chi connectivity index (χ2n) is 4.69. The van der Waals surface area contributed by atoms with Crippen LogP contribution in [0.2, 0.25) is 5.02 Å². The van der Waals surface area contributed by atoms with Gasteiger partial charge in [-0.25, -0.2) is 4.39 Å². The van der Waals surface area contributed by atoms with E-state index in [9.17, 15) is 14.5 Å². The molecule has 0 unspecified atom stereocenters. The number of hydrogen-bond acceptors (Lipinski definition) is 3. The largest absolute Gasteiger partial charge is 0.306 e. The van der Waals surface area contributed by atoms with Gasteiger partial charge >= 0.3 is 0 Å². The van der Waals surface area contributed by atoms with Crippen molar-refractivity contribution < 1.29 is 9.31 Å². The van der Waals surface area contributed by atoms with E-state index in [2.05, 4.69) is 5.32 Å². The van der Waals surface area contributed by atoms with E-state index in [1.807, 2.05) is 25.1 Å². The number of nitrogens with zero attached hydrogens (tertiary/aromatic N) is 1. The number of nitro groups is 1. The van der Waals surface area contributed by atoms with Gasteiger partial charge in [-0.3, -0.25) is 10.1 Å². The molecule has 0 fully saturated rings. The molecule has 0 bridgehead atoms. The molecule has 2 aromatic carbocycles. The Balaban J connectivity index is 2.12. The zero-order valence-electron chi connectivity index (χ0n) is 11.3. The van der Waals surface area contributed by atoms with Gasteiger partial charge in [-0.15, -0.1) is 0 Å². The van der Waals surface area contributed by atoms with Gasteiger partial charge in [-0.2, -0.15) is 0 Å². The Morgan fingerprint density at radius 2 is 2.10 bits per heavy atom. The van der Waals surface area contributed by atoms with Crippen LogP contribution in [0.25, 0.3) is 0 Å². The van der Waals surface area contributed by atoms with Crippen LogP contribution in [0.3, 0.4) is 0 Å². The Bertz CT molecular complexity index is 664. The van der Waals surface area contributed by atoms with E-state index >= 15 is 0 Å². The Hall–Kier alpha value is -1.98. The van der Waals surface area contributed by atoms with Crippen LogP contribution in [0.1, 0.15) is 24.1 Å². The molecule has 1 atom stereocenters. The van der Waals surface area contributed by atoms with Crippen molar-refractivity contribution in [1.82, 2.24) is 5.32 Å². The van der Waals surface area contributed by atoms with Gasteiger partial charge in [0, 0.05) is 29.2 Å². The molecule has 110 valence electrons. The minimum absolute atomic E-state index is 0.0634. The summed E-state index contributed by atoms with van der Waals surface area (Å²) >= 11 is 5.93. The second kappa shape index (κ2) is 6.65. The van der Waals surface area contributed by atoms with Gasteiger partial charge in [-0.1, -0.05) is 23.7 Å². The van der Waals surface area contributed by atoms with Gasteiger partial charge in [0.15, 0.2) is 0 Å². The molecule has 0 heterocycles. The smallest absolute Gasteiger partial charge is 0.274 e. The highest BCUT2D eigenvalue weighted by molar-refractivity contribution is 6.30.